The average Bonchev–Trinajstić information content (AvgIpc) is 2.91. The molecule has 7 heteroatoms. The second-order valence-corrected chi connectivity index (χ2v) is 8.02. The monoisotopic (exact) mass is 420 g/mol. The number of hydrogen-bond donors (Lipinski definition) is 2. The molecule has 2 aromatic carbocycles. The van der Waals surface area contributed by atoms with Crippen molar-refractivity contribution >= 4 is 40.8 Å². The van der Waals surface area contributed by atoms with Crippen LogP contribution in [0.2, 0.25) is 10.0 Å². The lowest BCUT2D eigenvalue weighted by Crippen LogP contribution is -2.50. The van der Waals surface area contributed by atoms with Gasteiger partial charge in [0.2, 0.25) is 0 Å². The number of rotatable bonds is 7. The van der Waals surface area contributed by atoms with Gasteiger partial charge in [0.25, 0.3) is 5.91 Å². The van der Waals surface area contributed by atoms with E-state index in [1.165, 1.54) is 0 Å². The molecule has 0 spiro atoms. The molecule has 3 rings (SSSR count). The molecule has 0 fully saturated rings. The largest absolute Gasteiger partial charge is 0.369 e. The van der Waals surface area contributed by atoms with E-state index in [1.807, 2.05) is 26.0 Å². The molecule has 1 aliphatic heterocycles. The van der Waals surface area contributed by atoms with E-state index >= 15 is 0 Å². The molecule has 0 bridgehead atoms. The first-order valence-corrected chi connectivity index (χ1v) is 9.92. The van der Waals surface area contributed by atoms with Crippen molar-refractivity contribution in [3.63, 3.8) is 0 Å². The highest BCUT2D eigenvalue weighted by atomic mass is 35.5. The number of amides is 1. The van der Waals surface area contributed by atoms with E-state index in [2.05, 4.69) is 10.8 Å². The van der Waals surface area contributed by atoms with Crippen molar-refractivity contribution in [2.24, 2.45) is 5.92 Å². The number of carbonyl (C=O) groups is 2. The molecule has 28 heavy (non-hydrogen) atoms. The van der Waals surface area contributed by atoms with Gasteiger partial charge < -0.3 is 10.2 Å². The number of hydroxylamine groups is 1. The Bertz CT molecular complexity index is 903. The number of carbonyl (C=O) groups excluding carboxylic acids is 2. The molecule has 0 unspecified atom stereocenters. The lowest BCUT2D eigenvalue weighted by atomic mass is 9.85. The van der Waals surface area contributed by atoms with Gasteiger partial charge in [-0.05, 0) is 35.7 Å². The molecule has 2 atom stereocenters. The van der Waals surface area contributed by atoms with Crippen LogP contribution < -0.4 is 10.8 Å². The second kappa shape index (κ2) is 8.52. The van der Waals surface area contributed by atoms with Gasteiger partial charge in [-0.2, -0.15) is 0 Å². The lowest BCUT2D eigenvalue weighted by Gasteiger charge is -2.28. The fourth-order valence-electron chi connectivity index (χ4n) is 3.22. The third-order valence-corrected chi connectivity index (χ3v) is 5.46. The summed E-state index contributed by atoms with van der Waals surface area (Å²) in [6.45, 7) is 3.99. The minimum Gasteiger partial charge on any atom is -0.369 e. The number of nitrogens with one attached hydrogen (secondary N) is 2. The van der Waals surface area contributed by atoms with Crippen molar-refractivity contribution in [3.05, 3.63) is 63.6 Å². The topological polar surface area (TPSA) is 67.4 Å². The van der Waals surface area contributed by atoms with Crippen LogP contribution in [-0.4, -0.2) is 11.9 Å². The van der Waals surface area contributed by atoms with E-state index in [0.29, 0.717) is 21.3 Å². The van der Waals surface area contributed by atoms with Gasteiger partial charge in [0, 0.05) is 34.1 Å². The number of hydrogen-bond acceptors (Lipinski definition) is 4. The summed E-state index contributed by atoms with van der Waals surface area (Å²) in [5.74, 6) is -0.530. The molecule has 1 amide bonds. The van der Waals surface area contributed by atoms with Gasteiger partial charge in [-0.1, -0.05) is 61.7 Å². The molecule has 1 heterocycles. The highest BCUT2D eigenvalue weighted by molar-refractivity contribution is 6.31. The number of halogens is 2. The zero-order chi connectivity index (χ0) is 20.3. The SMILES string of the molecule is CC[C@H](C)CC(=O)ON[C@]1(Cc2cccc(Cl)c2)C(=O)Nc2cc(Cl)ccc21. The minimum absolute atomic E-state index is 0.196. The first kappa shape index (κ1) is 20.6. The van der Waals surface area contributed by atoms with Crippen LogP contribution in [0.1, 0.15) is 37.8 Å². The molecule has 0 aromatic heterocycles. The Morgan fingerprint density at radius 2 is 1.96 bits per heavy atom. The molecule has 2 N–H and O–H groups in total. The fourth-order valence-corrected chi connectivity index (χ4v) is 3.61. The third kappa shape index (κ3) is 4.32. The van der Waals surface area contributed by atoms with E-state index in [1.54, 1.807) is 30.3 Å². The van der Waals surface area contributed by atoms with Crippen LogP contribution in [0.4, 0.5) is 5.69 Å². The van der Waals surface area contributed by atoms with Crippen molar-refractivity contribution in [1.82, 2.24) is 5.48 Å². The fraction of sp³-hybridized carbons (Fsp3) is 0.333. The van der Waals surface area contributed by atoms with Crippen LogP contribution in [0.3, 0.4) is 0 Å². The maximum absolute atomic E-state index is 13.0. The zero-order valence-electron chi connectivity index (χ0n) is 15.7. The van der Waals surface area contributed by atoms with Crippen molar-refractivity contribution in [2.45, 2.75) is 38.6 Å². The summed E-state index contributed by atoms with van der Waals surface area (Å²) in [6.07, 6.45) is 1.39. The Morgan fingerprint density at radius 1 is 1.21 bits per heavy atom. The summed E-state index contributed by atoms with van der Waals surface area (Å²) in [5.41, 5.74) is 3.58. The summed E-state index contributed by atoms with van der Waals surface area (Å²) < 4.78 is 0. The summed E-state index contributed by atoms with van der Waals surface area (Å²) >= 11 is 12.2. The van der Waals surface area contributed by atoms with Gasteiger partial charge in [-0.3, -0.25) is 9.59 Å². The molecule has 148 valence electrons. The van der Waals surface area contributed by atoms with E-state index in [4.69, 9.17) is 28.0 Å². The first-order chi connectivity index (χ1) is 13.3. The maximum atomic E-state index is 13.0. The predicted octanol–water partition coefficient (Wildman–Crippen LogP) is 4.87. The summed E-state index contributed by atoms with van der Waals surface area (Å²) in [7, 11) is 0. The molecular weight excluding hydrogens is 399 g/mol. The molecule has 0 radical (unpaired) electrons. The Labute approximate surface area is 174 Å². The van der Waals surface area contributed by atoms with Gasteiger partial charge in [0.15, 0.2) is 5.54 Å². The highest BCUT2D eigenvalue weighted by Gasteiger charge is 2.48. The number of benzene rings is 2. The van der Waals surface area contributed by atoms with Crippen molar-refractivity contribution in [1.29, 1.82) is 0 Å². The van der Waals surface area contributed by atoms with Crippen molar-refractivity contribution in [3.8, 4) is 0 Å². The van der Waals surface area contributed by atoms with Crippen LogP contribution in [-0.2, 0) is 26.4 Å². The van der Waals surface area contributed by atoms with Crippen LogP contribution in [0.5, 0.6) is 0 Å². The summed E-state index contributed by atoms with van der Waals surface area (Å²) in [6, 6.07) is 12.4. The Hall–Kier alpha value is -2.08. The van der Waals surface area contributed by atoms with Gasteiger partial charge >= 0.3 is 5.97 Å². The third-order valence-electron chi connectivity index (χ3n) is 4.99. The van der Waals surface area contributed by atoms with E-state index in [-0.39, 0.29) is 24.7 Å². The zero-order valence-corrected chi connectivity index (χ0v) is 17.2. The van der Waals surface area contributed by atoms with Gasteiger partial charge in [-0.25, -0.2) is 0 Å². The van der Waals surface area contributed by atoms with E-state index in [0.717, 1.165) is 12.0 Å². The number of fused-ring (bicyclic) bond motifs is 1. The molecule has 2 aromatic rings. The Kier molecular flexibility index (Phi) is 6.28. The normalized spacial score (nSPS) is 19.1. The quantitative estimate of drug-likeness (QED) is 0.627. The first-order valence-electron chi connectivity index (χ1n) is 9.17. The standard InChI is InChI=1S/C21H22Cl2N2O3/c1-3-13(2)9-19(26)28-25-21(12-14-5-4-6-15(22)10-14)17-8-7-16(23)11-18(17)24-20(21)27/h4-8,10-11,13,25H,3,9,12H2,1-2H3,(H,24,27)/t13-,21-/m0/s1. The lowest BCUT2D eigenvalue weighted by molar-refractivity contribution is -0.159. The van der Waals surface area contributed by atoms with Crippen LogP contribution in [0, 0.1) is 5.92 Å². The van der Waals surface area contributed by atoms with Gasteiger partial charge in [0.1, 0.15) is 0 Å². The van der Waals surface area contributed by atoms with Crippen LogP contribution >= 0.6 is 23.2 Å². The minimum atomic E-state index is -1.27. The smallest absolute Gasteiger partial charge is 0.325 e. The molecule has 5 nitrogen and oxygen atoms in total. The van der Waals surface area contributed by atoms with Crippen LogP contribution in [0.15, 0.2) is 42.5 Å². The van der Waals surface area contributed by atoms with Gasteiger partial charge in [0.05, 0.1) is 0 Å². The Balaban J connectivity index is 1.93. The van der Waals surface area contributed by atoms with Crippen LogP contribution in [0.25, 0.3) is 0 Å². The highest BCUT2D eigenvalue weighted by Crippen LogP contribution is 2.40. The predicted molar refractivity (Wildman–Crippen MR) is 110 cm³/mol. The molecule has 0 aliphatic carbocycles. The molecular formula is C21H22Cl2N2O3. The molecule has 1 aliphatic rings. The Morgan fingerprint density at radius 3 is 2.68 bits per heavy atom. The van der Waals surface area contributed by atoms with E-state index in [9.17, 15) is 9.59 Å². The summed E-state index contributed by atoms with van der Waals surface area (Å²) in [5, 5.41) is 3.90. The second-order valence-electron chi connectivity index (χ2n) is 7.15. The molecule has 0 saturated carbocycles. The van der Waals surface area contributed by atoms with Gasteiger partial charge in [-0.15, -0.1) is 5.48 Å². The van der Waals surface area contributed by atoms with Crippen molar-refractivity contribution < 1.29 is 14.4 Å². The number of anilines is 1. The molecule has 0 saturated heterocycles. The maximum Gasteiger partial charge on any atom is 0.325 e. The van der Waals surface area contributed by atoms with E-state index < -0.39 is 11.5 Å². The van der Waals surface area contributed by atoms with Crippen molar-refractivity contribution in [2.75, 3.05) is 5.32 Å². The summed E-state index contributed by atoms with van der Waals surface area (Å²) in [4.78, 5) is 30.6. The average molecular weight is 421 g/mol.